The second kappa shape index (κ2) is 6.71. The van der Waals surface area contributed by atoms with Crippen LogP contribution in [0, 0.1) is 0 Å². The first-order valence-electron chi connectivity index (χ1n) is 7.29. The molecular formula is C18H18N2OS. The van der Waals surface area contributed by atoms with Crippen molar-refractivity contribution in [3.05, 3.63) is 70.6 Å². The summed E-state index contributed by atoms with van der Waals surface area (Å²) < 4.78 is 5.48. The van der Waals surface area contributed by atoms with Gasteiger partial charge in [0.15, 0.2) is 0 Å². The summed E-state index contributed by atoms with van der Waals surface area (Å²) in [6.45, 7) is 4.78. The highest BCUT2D eigenvalue weighted by molar-refractivity contribution is 8.17. The number of ether oxygens (including phenoxy) is 1. The Morgan fingerprint density at radius 2 is 1.73 bits per heavy atom. The lowest BCUT2D eigenvalue weighted by Crippen LogP contribution is -2.15. The number of thioether (sulfide) groups is 1. The van der Waals surface area contributed by atoms with E-state index in [-0.39, 0.29) is 0 Å². The molecule has 22 heavy (non-hydrogen) atoms. The maximum absolute atomic E-state index is 5.48. The zero-order valence-electron chi connectivity index (χ0n) is 12.7. The van der Waals surface area contributed by atoms with Gasteiger partial charge < -0.3 is 4.74 Å². The van der Waals surface area contributed by atoms with E-state index < -0.39 is 0 Å². The molecule has 0 amide bonds. The molecule has 0 spiro atoms. The summed E-state index contributed by atoms with van der Waals surface area (Å²) in [5, 5.41) is 5.50. The number of hydrazone groups is 1. The maximum Gasteiger partial charge on any atom is 0.128 e. The van der Waals surface area contributed by atoms with Crippen molar-refractivity contribution in [3.63, 3.8) is 0 Å². The highest BCUT2D eigenvalue weighted by atomic mass is 32.2. The van der Waals surface area contributed by atoms with Crippen LogP contribution in [0.4, 0.5) is 0 Å². The fourth-order valence-corrected chi connectivity index (χ4v) is 3.16. The fourth-order valence-electron chi connectivity index (χ4n) is 2.26. The van der Waals surface area contributed by atoms with Crippen LogP contribution in [0.2, 0.25) is 0 Å². The van der Waals surface area contributed by atoms with Crippen LogP contribution in [-0.2, 0) is 0 Å². The molecule has 0 fully saturated rings. The largest absolute Gasteiger partial charge is 0.494 e. The van der Waals surface area contributed by atoms with Gasteiger partial charge in [-0.05, 0) is 38.1 Å². The van der Waals surface area contributed by atoms with Crippen LogP contribution in [-0.4, -0.2) is 11.7 Å². The van der Waals surface area contributed by atoms with Crippen molar-refractivity contribution in [2.45, 2.75) is 13.8 Å². The van der Waals surface area contributed by atoms with Crippen molar-refractivity contribution in [2.24, 2.45) is 5.10 Å². The Hall–Kier alpha value is -2.20. The molecule has 4 heteroatoms. The molecule has 2 aromatic rings. The number of nitrogens with one attached hydrogen (secondary N) is 1. The molecule has 1 aliphatic rings. The Kier molecular flexibility index (Phi) is 4.49. The van der Waals surface area contributed by atoms with Crippen LogP contribution in [0.3, 0.4) is 0 Å². The molecule has 3 rings (SSSR count). The van der Waals surface area contributed by atoms with E-state index in [1.165, 1.54) is 4.91 Å². The van der Waals surface area contributed by atoms with Crippen molar-refractivity contribution < 1.29 is 4.74 Å². The van der Waals surface area contributed by atoms with Gasteiger partial charge in [-0.25, -0.2) is 0 Å². The first-order valence-corrected chi connectivity index (χ1v) is 8.10. The van der Waals surface area contributed by atoms with Crippen molar-refractivity contribution >= 4 is 22.5 Å². The highest BCUT2D eigenvalue weighted by Gasteiger charge is 2.16. The van der Waals surface area contributed by atoms with Crippen LogP contribution >= 0.6 is 11.8 Å². The summed E-state index contributed by atoms with van der Waals surface area (Å²) in [6.07, 6.45) is 0. The van der Waals surface area contributed by atoms with Gasteiger partial charge in [-0.1, -0.05) is 42.1 Å². The molecule has 0 unspecified atom stereocenters. The minimum atomic E-state index is 0.680. The molecule has 0 aliphatic carbocycles. The molecule has 1 aliphatic heterocycles. The van der Waals surface area contributed by atoms with Crippen LogP contribution < -0.4 is 10.2 Å². The summed E-state index contributed by atoms with van der Waals surface area (Å²) in [7, 11) is 0. The Balaban J connectivity index is 1.79. The monoisotopic (exact) mass is 310 g/mol. The Bertz CT molecular complexity index is 706. The predicted octanol–water partition coefficient (Wildman–Crippen LogP) is 4.47. The van der Waals surface area contributed by atoms with E-state index in [1.807, 2.05) is 37.3 Å². The lowest BCUT2D eigenvalue weighted by atomic mass is 10.1. The van der Waals surface area contributed by atoms with Gasteiger partial charge in [0.2, 0.25) is 0 Å². The molecular weight excluding hydrogens is 292 g/mol. The molecule has 1 N–H and O–H groups in total. The summed E-state index contributed by atoms with van der Waals surface area (Å²) in [5.74, 6) is 0.890. The van der Waals surface area contributed by atoms with E-state index in [0.29, 0.717) is 6.61 Å². The molecule has 0 aromatic heterocycles. The van der Waals surface area contributed by atoms with Gasteiger partial charge in [-0.15, -0.1) is 0 Å². The highest BCUT2D eigenvalue weighted by Crippen LogP contribution is 2.32. The lowest BCUT2D eigenvalue weighted by Gasteiger charge is -2.19. The summed E-state index contributed by atoms with van der Waals surface area (Å²) in [4.78, 5) is 1.21. The third kappa shape index (κ3) is 3.17. The van der Waals surface area contributed by atoms with E-state index in [0.717, 1.165) is 27.6 Å². The van der Waals surface area contributed by atoms with Crippen LogP contribution in [0.15, 0.2) is 64.6 Å². The normalized spacial score (nSPS) is 14.4. The third-order valence-corrected chi connectivity index (χ3v) is 4.38. The predicted molar refractivity (Wildman–Crippen MR) is 93.9 cm³/mol. The quantitative estimate of drug-likeness (QED) is 0.904. The van der Waals surface area contributed by atoms with Gasteiger partial charge in [0.05, 0.1) is 12.3 Å². The number of rotatable bonds is 4. The number of nitrogens with zero attached hydrogens (tertiary/aromatic N) is 1. The third-order valence-electron chi connectivity index (χ3n) is 3.35. The summed E-state index contributed by atoms with van der Waals surface area (Å²) in [5.41, 5.74) is 6.48. The second-order valence-electron chi connectivity index (χ2n) is 4.89. The number of allylic oxidation sites excluding steroid dienone is 1. The SMILES string of the molecule is CCOc1ccc(C2=C(C)SC(c3ccccc3)=NN2)cc1. The van der Waals surface area contributed by atoms with Gasteiger partial charge in [0, 0.05) is 16.0 Å². The van der Waals surface area contributed by atoms with Crippen LogP contribution in [0.1, 0.15) is 25.0 Å². The van der Waals surface area contributed by atoms with Gasteiger partial charge >= 0.3 is 0 Å². The van der Waals surface area contributed by atoms with Gasteiger partial charge in [-0.3, -0.25) is 5.43 Å². The molecule has 1 heterocycles. The van der Waals surface area contributed by atoms with Crippen molar-refractivity contribution in [1.29, 1.82) is 0 Å². The molecule has 112 valence electrons. The second-order valence-corrected chi connectivity index (χ2v) is 6.09. The van der Waals surface area contributed by atoms with E-state index in [9.17, 15) is 0 Å². The Labute approximate surface area is 135 Å². The zero-order chi connectivity index (χ0) is 15.4. The summed E-state index contributed by atoms with van der Waals surface area (Å²) >= 11 is 1.69. The van der Waals surface area contributed by atoms with Crippen molar-refractivity contribution in [1.82, 2.24) is 5.43 Å². The standard InChI is InChI=1S/C18H18N2OS/c1-3-21-16-11-9-14(10-12-16)17-13(2)22-18(20-19-17)15-7-5-4-6-8-15/h4-12,19H,3H2,1-2H3. The van der Waals surface area contributed by atoms with Gasteiger partial charge in [-0.2, -0.15) is 5.10 Å². The van der Waals surface area contributed by atoms with Crippen molar-refractivity contribution in [3.8, 4) is 5.75 Å². The Morgan fingerprint density at radius 3 is 2.36 bits per heavy atom. The average molecular weight is 310 g/mol. The minimum absolute atomic E-state index is 0.680. The van der Waals surface area contributed by atoms with Gasteiger partial charge in [0.1, 0.15) is 10.8 Å². The van der Waals surface area contributed by atoms with E-state index in [2.05, 4.69) is 41.7 Å². The topological polar surface area (TPSA) is 33.6 Å². The first kappa shape index (κ1) is 14.7. The van der Waals surface area contributed by atoms with E-state index in [4.69, 9.17) is 4.74 Å². The number of benzene rings is 2. The van der Waals surface area contributed by atoms with Crippen LogP contribution in [0.25, 0.3) is 5.70 Å². The zero-order valence-corrected chi connectivity index (χ0v) is 13.5. The maximum atomic E-state index is 5.48. The molecule has 2 aromatic carbocycles. The van der Waals surface area contributed by atoms with Gasteiger partial charge in [0.25, 0.3) is 0 Å². The molecule has 0 atom stereocenters. The smallest absolute Gasteiger partial charge is 0.128 e. The number of hydrogen-bond acceptors (Lipinski definition) is 4. The summed E-state index contributed by atoms with van der Waals surface area (Å²) in [6, 6.07) is 18.3. The first-order chi connectivity index (χ1) is 10.8. The Morgan fingerprint density at radius 1 is 1.00 bits per heavy atom. The molecule has 0 bridgehead atoms. The van der Waals surface area contributed by atoms with E-state index >= 15 is 0 Å². The minimum Gasteiger partial charge on any atom is -0.494 e. The number of hydrogen-bond donors (Lipinski definition) is 1. The van der Waals surface area contributed by atoms with Crippen LogP contribution in [0.5, 0.6) is 5.75 Å². The molecule has 3 nitrogen and oxygen atoms in total. The molecule has 0 saturated heterocycles. The molecule has 0 saturated carbocycles. The van der Waals surface area contributed by atoms with E-state index in [1.54, 1.807) is 11.8 Å². The van der Waals surface area contributed by atoms with Crippen molar-refractivity contribution in [2.75, 3.05) is 6.61 Å². The lowest BCUT2D eigenvalue weighted by molar-refractivity contribution is 0.340. The molecule has 0 radical (unpaired) electrons. The average Bonchev–Trinajstić information content (AvgIpc) is 2.57. The fraction of sp³-hybridized carbons (Fsp3) is 0.167.